The van der Waals surface area contributed by atoms with E-state index in [4.69, 9.17) is 16.7 Å². The fraction of sp³-hybridized carbons (Fsp3) is 0. The first kappa shape index (κ1) is 11.8. The van der Waals surface area contributed by atoms with Gasteiger partial charge in [-0.15, -0.1) is 0 Å². The maximum absolute atomic E-state index is 10.3. The number of hydrogen-bond acceptors (Lipinski definition) is 1. The van der Waals surface area contributed by atoms with Crippen molar-refractivity contribution in [3.05, 3.63) is 37.7 Å². The molecule has 0 radical (unpaired) electrons. The lowest BCUT2D eigenvalue weighted by atomic mass is 10.2. The number of benzene rings is 1. The minimum Gasteiger partial charge on any atom is -0.478 e. The average Bonchev–Trinajstić information content (AvgIpc) is 2.09. The lowest BCUT2D eigenvalue weighted by Gasteiger charge is -2.01. The molecule has 0 amide bonds. The van der Waals surface area contributed by atoms with Gasteiger partial charge < -0.3 is 5.11 Å². The Kier molecular flexibility index (Phi) is 4.16. The molecule has 1 N–H and O–H groups in total. The molecule has 0 unspecified atom stereocenters. The highest BCUT2D eigenvalue weighted by molar-refractivity contribution is 9.11. The van der Waals surface area contributed by atoms with Gasteiger partial charge in [0.15, 0.2) is 0 Å². The molecule has 1 aromatic carbocycles. The molecule has 0 aliphatic carbocycles. The summed E-state index contributed by atoms with van der Waals surface area (Å²) in [6, 6.07) is 3.44. The molecule has 74 valence electrons. The first-order valence-corrected chi connectivity index (χ1v) is 5.52. The van der Waals surface area contributed by atoms with Crippen LogP contribution in [0.15, 0.2) is 27.2 Å². The van der Waals surface area contributed by atoms with Gasteiger partial charge >= 0.3 is 5.97 Å². The molecule has 2 nitrogen and oxygen atoms in total. The third kappa shape index (κ3) is 3.12. The molecule has 0 aliphatic rings. The monoisotopic (exact) mass is 338 g/mol. The highest BCUT2D eigenvalue weighted by Crippen LogP contribution is 2.30. The van der Waals surface area contributed by atoms with Crippen LogP contribution >= 0.6 is 43.5 Å². The van der Waals surface area contributed by atoms with Crippen molar-refractivity contribution in [1.82, 2.24) is 0 Å². The van der Waals surface area contributed by atoms with Gasteiger partial charge in [-0.25, -0.2) is 4.79 Å². The highest BCUT2D eigenvalue weighted by atomic mass is 79.9. The van der Waals surface area contributed by atoms with Gasteiger partial charge in [-0.1, -0.05) is 27.5 Å². The summed E-state index contributed by atoms with van der Waals surface area (Å²) in [5, 5.41) is 8.99. The van der Waals surface area contributed by atoms with E-state index in [0.29, 0.717) is 5.02 Å². The largest absolute Gasteiger partial charge is 0.478 e. The summed E-state index contributed by atoms with van der Waals surface area (Å²) in [5.74, 6) is -0.990. The molecule has 0 aliphatic heterocycles. The number of carboxylic acids is 1. The van der Waals surface area contributed by atoms with Crippen molar-refractivity contribution in [2.45, 2.75) is 0 Å². The fourth-order valence-electron chi connectivity index (χ4n) is 0.827. The Morgan fingerprint density at radius 1 is 1.36 bits per heavy atom. The van der Waals surface area contributed by atoms with Gasteiger partial charge in [0.25, 0.3) is 0 Å². The van der Waals surface area contributed by atoms with E-state index < -0.39 is 5.97 Å². The first-order chi connectivity index (χ1) is 6.50. The van der Waals surface area contributed by atoms with Crippen LogP contribution in [0.3, 0.4) is 0 Å². The number of hydrogen-bond donors (Lipinski definition) is 1. The normalized spacial score (nSPS) is 10.8. The highest BCUT2D eigenvalue weighted by Gasteiger charge is 2.02. The maximum atomic E-state index is 10.3. The molecule has 0 bridgehead atoms. The van der Waals surface area contributed by atoms with Crippen LogP contribution in [0.4, 0.5) is 0 Å². The molecule has 0 aromatic heterocycles. The third-order valence-electron chi connectivity index (χ3n) is 1.45. The summed E-state index contributed by atoms with van der Waals surface area (Å²) in [5.41, 5.74) is 0.723. The minimum atomic E-state index is -0.990. The molecule has 1 rings (SSSR count). The topological polar surface area (TPSA) is 37.3 Å². The second-order valence-corrected chi connectivity index (χ2v) is 4.58. The van der Waals surface area contributed by atoms with Gasteiger partial charge in [-0.3, -0.25) is 0 Å². The van der Waals surface area contributed by atoms with Crippen molar-refractivity contribution >= 4 is 55.5 Å². The predicted octanol–water partition coefficient (Wildman–Crippen LogP) is 3.96. The molecule has 0 heterocycles. The fourth-order valence-corrected chi connectivity index (χ4v) is 2.12. The van der Waals surface area contributed by atoms with Gasteiger partial charge in [-0.2, -0.15) is 0 Å². The molecule has 1 aromatic rings. The van der Waals surface area contributed by atoms with E-state index in [1.54, 1.807) is 12.1 Å². The van der Waals surface area contributed by atoms with Crippen molar-refractivity contribution in [3.63, 3.8) is 0 Å². The molecular formula is C9H5Br2ClO2. The molecule has 0 spiro atoms. The van der Waals surface area contributed by atoms with Crippen molar-refractivity contribution in [2.75, 3.05) is 0 Å². The van der Waals surface area contributed by atoms with Crippen molar-refractivity contribution in [3.8, 4) is 0 Å². The SMILES string of the molecule is O=C(O)/C=C/c1cc(Cl)c(Br)cc1Br. The summed E-state index contributed by atoms with van der Waals surface area (Å²) in [7, 11) is 0. The molecule has 0 saturated heterocycles. The van der Waals surface area contributed by atoms with Crippen LogP contribution in [0, 0.1) is 0 Å². The zero-order valence-corrected chi connectivity index (χ0v) is 10.7. The molecule has 0 atom stereocenters. The lowest BCUT2D eigenvalue weighted by Crippen LogP contribution is -1.86. The first-order valence-electron chi connectivity index (χ1n) is 3.56. The van der Waals surface area contributed by atoms with Crippen LogP contribution in [0.25, 0.3) is 6.08 Å². The zero-order valence-electron chi connectivity index (χ0n) is 6.80. The van der Waals surface area contributed by atoms with Crippen LogP contribution in [0.1, 0.15) is 5.56 Å². The Balaban J connectivity index is 3.10. The van der Waals surface area contributed by atoms with Crippen LogP contribution in [-0.2, 0) is 4.79 Å². The number of carbonyl (C=O) groups is 1. The summed E-state index contributed by atoms with van der Waals surface area (Å²) < 4.78 is 1.55. The van der Waals surface area contributed by atoms with E-state index >= 15 is 0 Å². The Morgan fingerprint density at radius 3 is 2.57 bits per heavy atom. The van der Waals surface area contributed by atoms with E-state index in [1.165, 1.54) is 6.08 Å². The van der Waals surface area contributed by atoms with Crippen molar-refractivity contribution < 1.29 is 9.90 Å². The second-order valence-electron chi connectivity index (χ2n) is 2.46. The number of rotatable bonds is 2. The number of carboxylic acid groups (broad SMARTS) is 1. The molecule has 14 heavy (non-hydrogen) atoms. The Labute approximate surface area is 103 Å². The van der Waals surface area contributed by atoms with Crippen LogP contribution in [-0.4, -0.2) is 11.1 Å². The quantitative estimate of drug-likeness (QED) is 0.653. The molecular weight excluding hydrogens is 335 g/mol. The molecule has 5 heteroatoms. The lowest BCUT2D eigenvalue weighted by molar-refractivity contribution is -0.131. The predicted molar refractivity (Wildman–Crippen MR) is 63.5 cm³/mol. The summed E-state index contributed by atoms with van der Waals surface area (Å²) in [6.07, 6.45) is 2.54. The van der Waals surface area contributed by atoms with E-state index in [9.17, 15) is 4.79 Å². The Morgan fingerprint density at radius 2 is 2.00 bits per heavy atom. The van der Waals surface area contributed by atoms with E-state index in [-0.39, 0.29) is 0 Å². The average molecular weight is 340 g/mol. The summed E-state index contributed by atoms with van der Waals surface area (Å²) in [6.45, 7) is 0. The molecule has 0 saturated carbocycles. The van der Waals surface area contributed by atoms with Crippen LogP contribution in [0.2, 0.25) is 5.02 Å². The van der Waals surface area contributed by atoms with E-state index in [2.05, 4.69) is 31.9 Å². The maximum Gasteiger partial charge on any atom is 0.328 e. The third-order valence-corrected chi connectivity index (χ3v) is 3.33. The van der Waals surface area contributed by atoms with Gasteiger partial charge in [0.2, 0.25) is 0 Å². The number of aliphatic carboxylic acids is 1. The number of halogens is 3. The Hall–Kier alpha value is -0.320. The van der Waals surface area contributed by atoms with Crippen LogP contribution in [0.5, 0.6) is 0 Å². The van der Waals surface area contributed by atoms with Crippen LogP contribution < -0.4 is 0 Å². The summed E-state index contributed by atoms with van der Waals surface area (Å²) in [4.78, 5) is 10.3. The van der Waals surface area contributed by atoms with Crippen molar-refractivity contribution in [1.29, 1.82) is 0 Å². The van der Waals surface area contributed by atoms with E-state index in [0.717, 1.165) is 20.6 Å². The van der Waals surface area contributed by atoms with Gasteiger partial charge in [0, 0.05) is 15.0 Å². The molecule has 0 fully saturated rings. The van der Waals surface area contributed by atoms with E-state index in [1.807, 2.05) is 0 Å². The van der Waals surface area contributed by atoms with Gasteiger partial charge in [0.1, 0.15) is 0 Å². The minimum absolute atomic E-state index is 0.540. The second kappa shape index (κ2) is 4.96. The zero-order chi connectivity index (χ0) is 10.7. The Bertz CT molecular complexity index is 402. The van der Waals surface area contributed by atoms with Gasteiger partial charge in [0.05, 0.1) is 5.02 Å². The summed E-state index contributed by atoms with van der Waals surface area (Å²) >= 11 is 12.4. The van der Waals surface area contributed by atoms with Gasteiger partial charge in [-0.05, 0) is 39.7 Å². The smallest absolute Gasteiger partial charge is 0.328 e. The standard InChI is InChI=1S/C9H5Br2ClO2/c10-6-4-7(11)8(12)3-5(6)1-2-9(13)14/h1-4H,(H,13,14)/b2-1+. The van der Waals surface area contributed by atoms with Crippen molar-refractivity contribution in [2.24, 2.45) is 0 Å².